The summed E-state index contributed by atoms with van der Waals surface area (Å²) in [5.74, 6) is -0.454. The highest BCUT2D eigenvalue weighted by atomic mass is 32.1. The molecule has 7 nitrogen and oxygen atoms in total. The van der Waals surface area contributed by atoms with E-state index in [4.69, 9.17) is 0 Å². The summed E-state index contributed by atoms with van der Waals surface area (Å²) in [6, 6.07) is -1.11. The number of urea groups is 1. The molecule has 102 valence electrons. The Morgan fingerprint density at radius 2 is 2.32 bits per heavy atom. The van der Waals surface area contributed by atoms with Crippen molar-refractivity contribution in [3.8, 4) is 0 Å². The highest BCUT2D eigenvalue weighted by molar-refractivity contribution is 7.09. The molecule has 0 bridgehead atoms. The molecule has 4 amide bonds. The summed E-state index contributed by atoms with van der Waals surface area (Å²) in [6.45, 7) is 0.458. The number of nitrogens with one attached hydrogen (secondary N) is 2. The summed E-state index contributed by atoms with van der Waals surface area (Å²) in [7, 11) is 1.69. The second-order valence-electron chi connectivity index (χ2n) is 4.23. The van der Waals surface area contributed by atoms with E-state index in [1.165, 1.54) is 11.3 Å². The van der Waals surface area contributed by atoms with Crippen LogP contribution in [0.3, 0.4) is 0 Å². The summed E-state index contributed by atoms with van der Waals surface area (Å²) in [6.07, 6.45) is 2.20. The Kier molecular flexibility index (Phi) is 4.10. The van der Waals surface area contributed by atoms with Gasteiger partial charge in [-0.3, -0.25) is 14.9 Å². The molecule has 1 saturated heterocycles. The lowest BCUT2D eigenvalue weighted by atomic mass is 10.1. The molecule has 2 heterocycles. The van der Waals surface area contributed by atoms with Crippen molar-refractivity contribution in [3.05, 3.63) is 16.6 Å². The lowest BCUT2D eigenvalue weighted by Gasteiger charge is -2.16. The summed E-state index contributed by atoms with van der Waals surface area (Å²) in [4.78, 5) is 39.7. The maximum Gasteiger partial charge on any atom is 0.322 e. The van der Waals surface area contributed by atoms with E-state index in [2.05, 4.69) is 15.6 Å². The number of amides is 4. The Balaban J connectivity index is 1.78. The van der Waals surface area contributed by atoms with Crippen LogP contribution in [0.2, 0.25) is 0 Å². The monoisotopic (exact) mass is 282 g/mol. The lowest BCUT2D eigenvalue weighted by molar-refractivity contribution is -0.130. The third-order valence-electron chi connectivity index (χ3n) is 2.79. The Morgan fingerprint density at radius 1 is 1.53 bits per heavy atom. The van der Waals surface area contributed by atoms with E-state index in [9.17, 15) is 14.4 Å². The first-order valence-corrected chi connectivity index (χ1v) is 6.68. The smallest absolute Gasteiger partial charge is 0.322 e. The van der Waals surface area contributed by atoms with Gasteiger partial charge in [-0.05, 0) is 6.42 Å². The summed E-state index contributed by atoms with van der Waals surface area (Å²) in [5.41, 5.74) is 0. The van der Waals surface area contributed by atoms with Gasteiger partial charge in [0.1, 0.15) is 11.0 Å². The Bertz CT molecular complexity index is 488. The highest BCUT2D eigenvalue weighted by Gasteiger charge is 2.29. The topological polar surface area (TPSA) is 91.4 Å². The number of thiazole rings is 1. The van der Waals surface area contributed by atoms with Gasteiger partial charge in [0.25, 0.3) is 5.91 Å². The Morgan fingerprint density at radius 3 is 2.89 bits per heavy atom. The van der Waals surface area contributed by atoms with Crippen LogP contribution in [0.5, 0.6) is 0 Å². The molecule has 0 aliphatic carbocycles. The highest BCUT2D eigenvalue weighted by Crippen LogP contribution is 2.09. The predicted molar refractivity (Wildman–Crippen MR) is 68.3 cm³/mol. The molecule has 1 aliphatic heterocycles. The van der Waals surface area contributed by atoms with Crippen molar-refractivity contribution in [1.29, 1.82) is 0 Å². The van der Waals surface area contributed by atoms with Crippen molar-refractivity contribution < 1.29 is 14.4 Å². The first-order valence-electron chi connectivity index (χ1n) is 5.80. The quantitative estimate of drug-likeness (QED) is 0.749. The molecular weight excluding hydrogens is 268 g/mol. The number of hydrogen-bond acceptors (Lipinski definition) is 5. The third-order valence-corrected chi connectivity index (χ3v) is 3.55. The van der Waals surface area contributed by atoms with Crippen molar-refractivity contribution in [2.24, 2.45) is 0 Å². The normalized spacial score (nSPS) is 18.1. The molecular formula is C11H14N4O3S. The van der Waals surface area contributed by atoms with Gasteiger partial charge >= 0.3 is 6.03 Å². The van der Waals surface area contributed by atoms with Crippen LogP contribution in [0.15, 0.2) is 11.6 Å². The first-order chi connectivity index (χ1) is 9.06. The van der Waals surface area contributed by atoms with Crippen molar-refractivity contribution in [3.63, 3.8) is 0 Å². The minimum atomic E-state index is -0.607. The average Bonchev–Trinajstić information content (AvgIpc) is 2.96. The maximum atomic E-state index is 11.9. The molecule has 19 heavy (non-hydrogen) atoms. The van der Waals surface area contributed by atoms with Crippen LogP contribution < -0.4 is 10.6 Å². The molecule has 0 radical (unpaired) electrons. The first kappa shape index (κ1) is 13.5. The largest absolute Gasteiger partial charge is 0.339 e. The van der Waals surface area contributed by atoms with Crippen LogP contribution in [0.1, 0.15) is 17.8 Å². The number of hydrogen-bond donors (Lipinski definition) is 2. The minimum absolute atomic E-state index is 0.0795. The number of nitrogens with zero attached hydrogens (tertiary/aromatic N) is 2. The molecule has 8 heteroatoms. The molecule has 0 aromatic carbocycles. The molecule has 1 aliphatic rings. The van der Waals surface area contributed by atoms with Crippen LogP contribution in [0.25, 0.3) is 0 Å². The second kappa shape index (κ2) is 5.79. The van der Waals surface area contributed by atoms with E-state index < -0.39 is 12.1 Å². The van der Waals surface area contributed by atoms with Gasteiger partial charge in [-0.15, -0.1) is 11.3 Å². The second-order valence-corrected chi connectivity index (χ2v) is 5.21. The molecule has 1 atom stereocenters. The van der Waals surface area contributed by atoms with Gasteiger partial charge in [-0.1, -0.05) is 0 Å². The third kappa shape index (κ3) is 3.50. The summed E-state index contributed by atoms with van der Waals surface area (Å²) in [5, 5.41) is 7.31. The molecule has 2 N–H and O–H groups in total. The van der Waals surface area contributed by atoms with E-state index in [0.717, 1.165) is 5.01 Å². The zero-order chi connectivity index (χ0) is 13.8. The average molecular weight is 282 g/mol. The van der Waals surface area contributed by atoms with Crippen molar-refractivity contribution >= 4 is 29.2 Å². The van der Waals surface area contributed by atoms with Crippen LogP contribution in [-0.2, 0) is 16.1 Å². The zero-order valence-corrected chi connectivity index (χ0v) is 11.2. The fourth-order valence-corrected chi connectivity index (χ4v) is 2.41. The van der Waals surface area contributed by atoms with Gasteiger partial charge < -0.3 is 10.2 Å². The predicted octanol–water partition coefficient (Wildman–Crippen LogP) is 0.0897. The van der Waals surface area contributed by atoms with Gasteiger partial charge in [0.2, 0.25) is 5.91 Å². The fourth-order valence-electron chi connectivity index (χ4n) is 1.74. The lowest BCUT2D eigenvalue weighted by Crippen LogP contribution is -2.32. The summed E-state index contributed by atoms with van der Waals surface area (Å²) < 4.78 is 0. The van der Waals surface area contributed by atoms with Gasteiger partial charge in [0.15, 0.2) is 0 Å². The van der Waals surface area contributed by atoms with Gasteiger partial charge in [0, 0.05) is 25.0 Å². The molecule has 1 unspecified atom stereocenters. The maximum absolute atomic E-state index is 11.9. The molecule has 0 spiro atoms. The van der Waals surface area contributed by atoms with Gasteiger partial charge in [-0.2, -0.15) is 0 Å². The van der Waals surface area contributed by atoms with Crippen molar-refractivity contribution in [2.75, 3.05) is 7.05 Å². The molecule has 2 rings (SSSR count). The molecule has 1 fully saturated rings. The van der Waals surface area contributed by atoms with E-state index >= 15 is 0 Å². The van der Waals surface area contributed by atoms with E-state index in [0.29, 0.717) is 13.0 Å². The number of carbonyl (C=O) groups is 3. The zero-order valence-electron chi connectivity index (χ0n) is 10.4. The standard InChI is InChI=1S/C11H14N4O3S/c1-15(6-8-12-4-5-19-8)9(16)3-2-7-10(17)14-11(18)13-7/h4-5,7H,2-3,6H2,1H3,(H2,13,14,17,18). The van der Waals surface area contributed by atoms with Crippen LogP contribution >= 0.6 is 11.3 Å². The number of rotatable bonds is 5. The van der Waals surface area contributed by atoms with E-state index in [1.54, 1.807) is 18.1 Å². The Hall–Kier alpha value is -1.96. The SMILES string of the molecule is CN(Cc1nccs1)C(=O)CCC1NC(=O)NC1=O. The molecule has 1 aromatic heterocycles. The van der Waals surface area contributed by atoms with Crippen molar-refractivity contribution in [2.45, 2.75) is 25.4 Å². The Labute approximate surface area is 114 Å². The molecule has 0 saturated carbocycles. The van der Waals surface area contributed by atoms with Crippen molar-refractivity contribution in [1.82, 2.24) is 20.5 Å². The van der Waals surface area contributed by atoms with Gasteiger partial charge in [0.05, 0.1) is 6.54 Å². The fraction of sp³-hybridized carbons (Fsp3) is 0.455. The summed E-state index contributed by atoms with van der Waals surface area (Å²) >= 11 is 1.49. The van der Waals surface area contributed by atoms with Crippen LogP contribution in [0.4, 0.5) is 4.79 Å². The number of aromatic nitrogens is 1. The van der Waals surface area contributed by atoms with E-state index in [-0.39, 0.29) is 18.2 Å². The van der Waals surface area contributed by atoms with Crippen LogP contribution in [0, 0.1) is 0 Å². The number of carbonyl (C=O) groups excluding carboxylic acids is 3. The van der Waals surface area contributed by atoms with Crippen LogP contribution in [-0.4, -0.2) is 40.8 Å². The number of imide groups is 1. The van der Waals surface area contributed by atoms with E-state index in [1.807, 2.05) is 5.38 Å². The minimum Gasteiger partial charge on any atom is -0.339 e. The molecule has 1 aromatic rings. The van der Waals surface area contributed by atoms with Gasteiger partial charge in [-0.25, -0.2) is 9.78 Å².